The number of aliphatic carboxylic acids is 1. The first kappa shape index (κ1) is 16.6. The Morgan fingerprint density at radius 3 is 2.21 bits per heavy atom. The molecule has 19 heavy (non-hydrogen) atoms. The third-order valence-electron chi connectivity index (χ3n) is 1.66. The van der Waals surface area contributed by atoms with Crippen LogP contribution in [0.1, 0.15) is 19.8 Å². The first-order chi connectivity index (χ1) is 8.95. The van der Waals surface area contributed by atoms with Crippen LogP contribution in [0.15, 0.2) is 24.3 Å². The molecule has 0 unspecified atom stereocenters. The van der Waals surface area contributed by atoms with E-state index in [2.05, 4.69) is 9.47 Å². The summed E-state index contributed by atoms with van der Waals surface area (Å²) in [5, 5.41) is 8.14. The largest absolute Gasteiger partial charge is 0.478 e. The molecular weight excluding hydrogens is 256 g/mol. The molecule has 0 atom stereocenters. The summed E-state index contributed by atoms with van der Waals surface area (Å²) < 4.78 is 8.62. The van der Waals surface area contributed by atoms with Crippen LogP contribution < -0.4 is 0 Å². The zero-order chi connectivity index (χ0) is 14.7. The molecule has 104 valence electrons. The van der Waals surface area contributed by atoms with Gasteiger partial charge in [-0.2, -0.15) is 0 Å². The van der Waals surface area contributed by atoms with E-state index in [9.17, 15) is 19.2 Å². The molecule has 0 fully saturated rings. The van der Waals surface area contributed by atoms with Crippen LogP contribution in [-0.2, 0) is 28.7 Å². The highest BCUT2D eigenvalue weighted by atomic mass is 16.6. The summed E-state index contributed by atoms with van der Waals surface area (Å²) in [5.74, 6) is -2.91. The van der Waals surface area contributed by atoms with E-state index < -0.39 is 23.9 Å². The Morgan fingerprint density at radius 1 is 1.26 bits per heavy atom. The number of carbonyl (C=O) groups is 4. The van der Waals surface area contributed by atoms with Crippen molar-refractivity contribution in [1.29, 1.82) is 0 Å². The Morgan fingerprint density at radius 2 is 1.84 bits per heavy atom. The molecule has 0 aromatic carbocycles. The van der Waals surface area contributed by atoms with Gasteiger partial charge >= 0.3 is 23.9 Å². The molecule has 1 aliphatic heterocycles. The minimum atomic E-state index is -1.15. The second kappa shape index (κ2) is 9.58. The lowest BCUT2D eigenvalue weighted by Gasteiger charge is -1.97. The van der Waals surface area contributed by atoms with Gasteiger partial charge in [-0.15, -0.1) is 0 Å². The van der Waals surface area contributed by atoms with Crippen molar-refractivity contribution in [3.63, 3.8) is 0 Å². The predicted molar refractivity (Wildman–Crippen MR) is 62.9 cm³/mol. The Kier molecular flexibility index (Phi) is 8.35. The smallest absolute Gasteiger partial charge is 0.338 e. The van der Waals surface area contributed by atoms with Crippen molar-refractivity contribution in [1.82, 2.24) is 0 Å². The van der Waals surface area contributed by atoms with E-state index in [4.69, 9.17) is 5.11 Å². The van der Waals surface area contributed by atoms with Crippen molar-refractivity contribution in [2.75, 3.05) is 6.61 Å². The molecule has 1 heterocycles. The van der Waals surface area contributed by atoms with Crippen molar-refractivity contribution >= 4 is 23.9 Å². The lowest BCUT2D eigenvalue weighted by molar-refractivity contribution is -0.150. The molecule has 0 radical (unpaired) electrons. The third-order valence-corrected chi connectivity index (χ3v) is 1.66. The van der Waals surface area contributed by atoms with Crippen LogP contribution in [0, 0.1) is 0 Å². The SMILES string of the molecule is CCCCOC(=O)/C=C\C(=O)O.O=C1C=CC(=O)O1. The third kappa shape index (κ3) is 10.4. The number of unbranched alkanes of at least 4 members (excludes halogenated alkanes) is 1. The molecule has 0 aliphatic carbocycles. The molecule has 0 amide bonds. The number of esters is 3. The van der Waals surface area contributed by atoms with Crippen LogP contribution in [0.5, 0.6) is 0 Å². The quantitative estimate of drug-likeness (QED) is 0.337. The summed E-state index contributed by atoms with van der Waals surface area (Å²) in [7, 11) is 0. The topological polar surface area (TPSA) is 107 Å². The second-order valence-corrected chi connectivity index (χ2v) is 3.27. The van der Waals surface area contributed by atoms with Crippen LogP contribution in [0.4, 0.5) is 0 Å². The van der Waals surface area contributed by atoms with Crippen LogP contribution >= 0.6 is 0 Å². The van der Waals surface area contributed by atoms with Gasteiger partial charge in [0, 0.05) is 24.3 Å². The molecule has 7 nitrogen and oxygen atoms in total. The lowest BCUT2D eigenvalue weighted by atomic mass is 10.4. The van der Waals surface area contributed by atoms with Crippen molar-refractivity contribution in [3.8, 4) is 0 Å². The van der Waals surface area contributed by atoms with E-state index >= 15 is 0 Å². The van der Waals surface area contributed by atoms with Crippen molar-refractivity contribution < 1.29 is 33.8 Å². The van der Waals surface area contributed by atoms with Crippen LogP contribution in [0.2, 0.25) is 0 Å². The first-order valence-corrected chi connectivity index (χ1v) is 5.47. The molecule has 0 saturated heterocycles. The van der Waals surface area contributed by atoms with Crippen LogP contribution in [0.25, 0.3) is 0 Å². The number of cyclic esters (lactones) is 2. The maximum absolute atomic E-state index is 10.6. The van der Waals surface area contributed by atoms with Crippen molar-refractivity contribution in [2.45, 2.75) is 19.8 Å². The molecule has 0 bridgehead atoms. The van der Waals surface area contributed by atoms with Crippen molar-refractivity contribution in [3.05, 3.63) is 24.3 Å². The average Bonchev–Trinajstić information content (AvgIpc) is 2.72. The summed E-state index contributed by atoms with van der Waals surface area (Å²) in [6.45, 7) is 2.32. The molecule has 7 heteroatoms. The normalized spacial score (nSPS) is 12.9. The Balaban J connectivity index is 0.000000388. The molecule has 1 rings (SSSR count). The molecule has 1 aliphatic rings. The van der Waals surface area contributed by atoms with Gasteiger partial charge in [-0.25, -0.2) is 19.2 Å². The molecule has 0 spiro atoms. The minimum absolute atomic E-state index is 0.347. The van der Waals surface area contributed by atoms with E-state index in [1.807, 2.05) is 6.92 Å². The number of carbonyl (C=O) groups excluding carboxylic acids is 3. The molecular formula is C12H14O7. The molecule has 1 N–H and O–H groups in total. The standard InChI is InChI=1S/C8H12O4.C4H2O3/c1-2-3-6-12-8(11)5-4-7(9)10;5-3-1-2-4(6)7-3/h4-5H,2-3,6H2,1H3,(H,9,10);1-2H/b5-4-;. The van der Waals surface area contributed by atoms with Crippen LogP contribution in [-0.4, -0.2) is 35.6 Å². The summed E-state index contributed by atoms with van der Waals surface area (Å²) in [5.41, 5.74) is 0. The van der Waals surface area contributed by atoms with Gasteiger partial charge in [-0.1, -0.05) is 13.3 Å². The average molecular weight is 270 g/mol. The maximum Gasteiger partial charge on any atom is 0.338 e. The second-order valence-electron chi connectivity index (χ2n) is 3.27. The van der Waals surface area contributed by atoms with Gasteiger partial charge < -0.3 is 14.6 Å². The Hall–Kier alpha value is -2.44. The van der Waals surface area contributed by atoms with E-state index in [-0.39, 0.29) is 0 Å². The molecule has 0 aromatic rings. The number of carboxylic acids is 1. The zero-order valence-electron chi connectivity index (χ0n) is 10.3. The van der Waals surface area contributed by atoms with E-state index in [1.165, 1.54) is 0 Å². The van der Waals surface area contributed by atoms with Gasteiger partial charge in [0.25, 0.3) is 0 Å². The van der Waals surface area contributed by atoms with Gasteiger partial charge in [-0.3, -0.25) is 0 Å². The Labute approximate surface area is 109 Å². The summed E-state index contributed by atoms with van der Waals surface area (Å²) in [4.78, 5) is 40.4. The highest BCUT2D eigenvalue weighted by Gasteiger charge is 2.10. The fourth-order valence-corrected chi connectivity index (χ4v) is 0.808. The highest BCUT2D eigenvalue weighted by molar-refractivity contribution is 6.04. The zero-order valence-corrected chi connectivity index (χ0v) is 10.3. The number of rotatable bonds is 5. The first-order valence-electron chi connectivity index (χ1n) is 5.47. The summed E-state index contributed by atoms with van der Waals surface area (Å²) in [6.07, 6.45) is 5.57. The van der Waals surface area contributed by atoms with E-state index in [1.54, 1.807) is 0 Å². The predicted octanol–water partition coefficient (Wildman–Crippen LogP) is 0.597. The number of hydrogen-bond donors (Lipinski definition) is 1. The summed E-state index contributed by atoms with van der Waals surface area (Å²) >= 11 is 0. The van der Waals surface area contributed by atoms with Gasteiger partial charge in [0.15, 0.2) is 0 Å². The maximum atomic E-state index is 10.6. The van der Waals surface area contributed by atoms with Gasteiger partial charge in [0.2, 0.25) is 0 Å². The van der Waals surface area contributed by atoms with Crippen molar-refractivity contribution in [2.24, 2.45) is 0 Å². The minimum Gasteiger partial charge on any atom is -0.478 e. The number of carboxylic acid groups (broad SMARTS) is 1. The fourth-order valence-electron chi connectivity index (χ4n) is 0.808. The van der Waals surface area contributed by atoms with Gasteiger partial charge in [0.1, 0.15) is 0 Å². The van der Waals surface area contributed by atoms with E-state index in [0.717, 1.165) is 37.1 Å². The number of ether oxygens (including phenoxy) is 2. The molecule has 0 aromatic heterocycles. The van der Waals surface area contributed by atoms with E-state index in [0.29, 0.717) is 6.61 Å². The Bertz CT molecular complexity index is 390. The van der Waals surface area contributed by atoms with Gasteiger partial charge in [0.05, 0.1) is 6.61 Å². The summed E-state index contributed by atoms with van der Waals surface area (Å²) in [6, 6.07) is 0. The highest BCUT2D eigenvalue weighted by Crippen LogP contribution is 1.92. The monoisotopic (exact) mass is 270 g/mol. The van der Waals surface area contributed by atoms with Crippen LogP contribution in [0.3, 0.4) is 0 Å². The van der Waals surface area contributed by atoms with Gasteiger partial charge in [-0.05, 0) is 6.42 Å². The lowest BCUT2D eigenvalue weighted by Crippen LogP contribution is -2.02. The molecule has 0 saturated carbocycles. The fraction of sp³-hybridized carbons (Fsp3) is 0.333. The number of hydrogen-bond acceptors (Lipinski definition) is 6.